The van der Waals surface area contributed by atoms with Crippen molar-refractivity contribution in [2.75, 3.05) is 52.9 Å². The zero-order valence-electron chi connectivity index (χ0n) is 15.6. The van der Waals surface area contributed by atoms with Gasteiger partial charge in [-0.25, -0.2) is 0 Å². The minimum Gasteiger partial charge on any atom is -0.491 e. The van der Waals surface area contributed by atoms with Crippen molar-refractivity contribution in [1.82, 2.24) is 0 Å². The molecule has 7 heteroatoms. The third kappa shape index (κ3) is 4.88. The number of fused-ring (bicyclic) bond motifs is 3. The zero-order chi connectivity index (χ0) is 19.8. The number of carbonyl (C=O) groups is 1. The van der Waals surface area contributed by atoms with E-state index in [4.69, 9.17) is 29.2 Å². The number of carbonyl (C=O) groups excluding carboxylic acids is 1. The summed E-state index contributed by atoms with van der Waals surface area (Å²) in [6, 6.07) is 10.9. The fourth-order valence-corrected chi connectivity index (χ4v) is 2.99. The van der Waals surface area contributed by atoms with E-state index >= 15 is 0 Å². The summed E-state index contributed by atoms with van der Waals surface area (Å²) in [7, 11) is 0. The van der Waals surface area contributed by atoms with Crippen LogP contribution in [0.25, 0.3) is 11.1 Å². The predicted octanol–water partition coefficient (Wildman–Crippen LogP) is 1.67. The van der Waals surface area contributed by atoms with Gasteiger partial charge in [0.1, 0.15) is 24.7 Å². The Morgan fingerprint density at radius 1 is 0.607 bits per heavy atom. The summed E-state index contributed by atoms with van der Waals surface area (Å²) in [4.78, 5) is 12.8. The molecule has 3 rings (SSSR count). The standard InChI is InChI=1S/C21H24O7/c22-5-7-25-9-11-27-15-1-3-17-18-4-2-16(28-12-10-26-8-6-23)14-20(18)21(24)19(17)13-15/h1-4,13-14,22-23H,5-12H2. The number of aliphatic hydroxyl groups is 2. The number of benzene rings is 2. The quantitative estimate of drug-likeness (QED) is 0.456. The Morgan fingerprint density at radius 3 is 1.50 bits per heavy atom. The maximum absolute atomic E-state index is 12.8. The van der Waals surface area contributed by atoms with Crippen LogP contribution in [0, 0.1) is 0 Å². The van der Waals surface area contributed by atoms with Crippen LogP contribution in [0.15, 0.2) is 36.4 Å². The molecule has 2 aromatic carbocycles. The molecule has 0 saturated carbocycles. The predicted molar refractivity (Wildman–Crippen MR) is 102 cm³/mol. The van der Waals surface area contributed by atoms with Crippen LogP contribution in [0.2, 0.25) is 0 Å². The summed E-state index contributed by atoms with van der Waals surface area (Å²) in [5, 5.41) is 17.4. The maximum atomic E-state index is 12.8. The lowest BCUT2D eigenvalue weighted by Gasteiger charge is -2.08. The van der Waals surface area contributed by atoms with Crippen molar-refractivity contribution in [3.8, 4) is 22.6 Å². The highest BCUT2D eigenvalue weighted by Crippen LogP contribution is 2.39. The summed E-state index contributed by atoms with van der Waals surface area (Å²) in [5.41, 5.74) is 2.96. The third-order valence-corrected chi connectivity index (χ3v) is 4.23. The van der Waals surface area contributed by atoms with Crippen LogP contribution >= 0.6 is 0 Å². The molecule has 2 N–H and O–H groups in total. The van der Waals surface area contributed by atoms with Crippen LogP contribution in [-0.4, -0.2) is 68.9 Å². The first-order valence-electron chi connectivity index (χ1n) is 9.20. The summed E-state index contributed by atoms with van der Waals surface area (Å²) in [6.07, 6.45) is 0. The van der Waals surface area contributed by atoms with E-state index in [2.05, 4.69) is 0 Å². The van der Waals surface area contributed by atoms with E-state index in [-0.39, 0.29) is 32.2 Å². The van der Waals surface area contributed by atoms with Gasteiger partial charge in [0.15, 0.2) is 5.78 Å². The molecule has 7 nitrogen and oxygen atoms in total. The van der Waals surface area contributed by atoms with Crippen molar-refractivity contribution < 1.29 is 34.0 Å². The minimum atomic E-state index is -0.0611. The highest BCUT2D eigenvalue weighted by Gasteiger charge is 2.27. The normalized spacial score (nSPS) is 12.0. The second-order valence-electron chi connectivity index (χ2n) is 6.11. The van der Waals surface area contributed by atoms with Gasteiger partial charge >= 0.3 is 0 Å². The van der Waals surface area contributed by atoms with Gasteiger partial charge in [-0.3, -0.25) is 4.79 Å². The lowest BCUT2D eigenvalue weighted by Crippen LogP contribution is -2.09. The summed E-state index contributed by atoms with van der Waals surface area (Å²) in [6.45, 7) is 1.94. The van der Waals surface area contributed by atoms with E-state index in [0.717, 1.165) is 11.1 Å². The summed E-state index contributed by atoms with van der Waals surface area (Å²) in [5.74, 6) is 1.14. The molecule has 150 valence electrons. The Balaban J connectivity index is 1.62. The van der Waals surface area contributed by atoms with Crippen molar-refractivity contribution in [3.05, 3.63) is 47.5 Å². The van der Waals surface area contributed by atoms with Gasteiger partial charge in [0.25, 0.3) is 0 Å². The first kappa shape index (κ1) is 20.3. The molecule has 1 aliphatic rings. The lowest BCUT2D eigenvalue weighted by atomic mass is 10.1. The number of aliphatic hydroxyl groups excluding tert-OH is 2. The van der Waals surface area contributed by atoms with Crippen molar-refractivity contribution >= 4 is 5.78 Å². The average molecular weight is 388 g/mol. The smallest absolute Gasteiger partial charge is 0.194 e. The number of ketones is 1. The van der Waals surface area contributed by atoms with Gasteiger partial charge in [0.05, 0.1) is 39.6 Å². The Bertz CT molecular complexity index is 738. The van der Waals surface area contributed by atoms with Crippen LogP contribution in [0.1, 0.15) is 15.9 Å². The summed E-state index contributed by atoms with van der Waals surface area (Å²) >= 11 is 0. The molecule has 0 radical (unpaired) electrons. The second kappa shape index (κ2) is 10.2. The molecule has 0 aliphatic heterocycles. The topological polar surface area (TPSA) is 94.5 Å². The molecule has 0 saturated heterocycles. The van der Waals surface area contributed by atoms with Crippen LogP contribution in [-0.2, 0) is 9.47 Å². The zero-order valence-corrected chi connectivity index (χ0v) is 15.6. The Morgan fingerprint density at radius 2 is 1.07 bits per heavy atom. The molecule has 1 aliphatic carbocycles. The molecule has 0 heterocycles. The number of rotatable bonds is 12. The third-order valence-electron chi connectivity index (χ3n) is 4.23. The molecule has 0 bridgehead atoms. The van der Waals surface area contributed by atoms with E-state index < -0.39 is 0 Å². The number of hydrogen-bond acceptors (Lipinski definition) is 7. The van der Waals surface area contributed by atoms with Gasteiger partial charge in [-0.1, -0.05) is 0 Å². The number of hydrogen-bond donors (Lipinski definition) is 2. The van der Waals surface area contributed by atoms with E-state index in [9.17, 15) is 4.79 Å². The summed E-state index contributed by atoms with van der Waals surface area (Å²) < 4.78 is 21.6. The average Bonchev–Trinajstić information content (AvgIpc) is 2.99. The van der Waals surface area contributed by atoms with E-state index in [1.54, 1.807) is 12.1 Å². The van der Waals surface area contributed by atoms with Gasteiger partial charge in [-0.05, 0) is 47.5 Å². The first-order chi connectivity index (χ1) is 13.7. The molecular weight excluding hydrogens is 364 g/mol. The van der Waals surface area contributed by atoms with Gasteiger partial charge in [-0.15, -0.1) is 0 Å². The molecular formula is C21H24O7. The van der Waals surface area contributed by atoms with Crippen molar-refractivity contribution in [3.63, 3.8) is 0 Å². The molecule has 28 heavy (non-hydrogen) atoms. The largest absolute Gasteiger partial charge is 0.491 e. The van der Waals surface area contributed by atoms with Crippen molar-refractivity contribution in [1.29, 1.82) is 0 Å². The Hall–Kier alpha value is -2.45. The van der Waals surface area contributed by atoms with Crippen LogP contribution in [0.3, 0.4) is 0 Å². The van der Waals surface area contributed by atoms with Crippen molar-refractivity contribution in [2.45, 2.75) is 0 Å². The molecule has 0 amide bonds. The molecule has 2 aromatic rings. The fraction of sp³-hybridized carbons (Fsp3) is 0.381. The van der Waals surface area contributed by atoms with E-state index in [1.165, 1.54) is 0 Å². The molecule has 0 fully saturated rings. The van der Waals surface area contributed by atoms with Crippen LogP contribution < -0.4 is 9.47 Å². The SMILES string of the molecule is O=C1c2cc(OCCOCCO)ccc2-c2ccc(OCCOCCO)cc21. The fourth-order valence-electron chi connectivity index (χ4n) is 2.99. The monoisotopic (exact) mass is 388 g/mol. The highest BCUT2D eigenvalue weighted by molar-refractivity contribution is 6.22. The first-order valence-corrected chi connectivity index (χ1v) is 9.20. The van der Waals surface area contributed by atoms with Crippen LogP contribution in [0.4, 0.5) is 0 Å². The highest BCUT2D eigenvalue weighted by atomic mass is 16.5. The van der Waals surface area contributed by atoms with Crippen LogP contribution in [0.5, 0.6) is 11.5 Å². The Labute approximate surface area is 163 Å². The lowest BCUT2D eigenvalue weighted by molar-refractivity contribution is 0.0704. The van der Waals surface area contributed by atoms with Gasteiger partial charge in [-0.2, -0.15) is 0 Å². The number of ether oxygens (including phenoxy) is 4. The van der Waals surface area contributed by atoms with Gasteiger partial charge < -0.3 is 29.2 Å². The minimum absolute atomic E-state index is 0.0208. The molecule has 0 unspecified atom stereocenters. The second-order valence-corrected chi connectivity index (χ2v) is 6.11. The Kier molecular flexibility index (Phi) is 7.39. The van der Waals surface area contributed by atoms with E-state index in [1.807, 2.05) is 24.3 Å². The molecule has 0 spiro atoms. The van der Waals surface area contributed by atoms with Gasteiger partial charge in [0.2, 0.25) is 0 Å². The van der Waals surface area contributed by atoms with Crippen molar-refractivity contribution in [2.24, 2.45) is 0 Å². The molecule has 0 aromatic heterocycles. The van der Waals surface area contributed by atoms with Gasteiger partial charge in [0, 0.05) is 11.1 Å². The molecule has 0 atom stereocenters. The van der Waals surface area contributed by atoms with E-state index in [0.29, 0.717) is 49.1 Å². The maximum Gasteiger partial charge on any atom is 0.194 e.